The Morgan fingerprint density at radius 1 is 1.20 bits per heavy atom. The van der Waals surface area contributed by atoms with Crippen molar-refractivity contribution < 1.29 is 9.53 Å². The van der Waals surface area contributed by atoms with E-state index in [2.05, 4.69) is 19.2 Å². The van der Waals surface area contributed by atoms with Gasteiger partial charge in [-0.05, 0) is 49.9 Å². The van der Waals surface area contributed by atoms with Crippen LogP contribution in [0, 0.1) is 11.3 Å². The highest BCUT2D eigenvalue weighted by atomic mass is 35.5. The molecule has 0 aromatic carbocycles. The van der Waals surface area contributed by atoms with Crippen molar-refractivity contribution in [3.05, 3.63) is 0 Å². The van der Waals surface area contributed by atoms with E-state index in [-0.39, 0.29) is 30.3 Å². The van der Waals surface area contributed by atoms with Gasteiger partial charge in [0.25, 0.3) is 0 Å². The predicted molar refractivity (Wildman–Crippen MR) is 82.9 cm³/mol. The van der Waals surface area contributed by atoms with Crippen LogP contribution in [0.25, 0.3) is 0 Å². The summed E-state index contributed by atoms with van der Waals surface area (Å²) in [7, 11) is 0. The second-order valence-electron chi connectivity index (χ2n) is 6.92. The first-order chi connectivity index (χ1) is 8.98. The number of nitrogens with two attached hydrogens (primary N) is 1. The molecule has 118 valence electrons. The maximum atomic E-state index is 12.2. The van der Waals surface area contributed by atoms with E-state index in [1.54, 1.807) is 0 Å². The maximum absolute atomic E-state index is 12.2. The van der Waals surface area contributed by atoms with Gasteiger partial charge in [-0.3, -0.25) is 4.79 Å². The van der Waals surface area contributed by atoms with Crippen LogP contribution in [-0.2, 0) is 9.53 Å². The Morgan fingerprint density at radius 2 is 1.75 bits per heavy atom. The fraction of sp³-hybridized carbons (Fsp3) is 0.933. The molecule has 5 heteroatoms. The van der Waals surface area contributed by atoms with Crippen molar-refractivity contribution >= 4 is 18.3 Å². The highest BCUT2D eigenvalue weighted by molar-refractivity contribution is 5.85. The van der Waals surface area contributed by atoms with Crippen molar-refractivity contribution in [2.24, 2.45) is 17.1 Å². The summed E-state index contributed by atoms with van der Waals surface area (Å²) in [4.78, 5) is 12.2. The molecule has 0 spiro atoms. The quantitative estimate of drug-likeness (QED) is 0.840. The topological polar surface area (TPSA) is 64.4 Å². The molecule has 1 unspecified atom stereocenters. The second-order valence-corrected chi connectivity index (χ2v) is 6.92. The average Bonchev–Trinajstić information content (AvgIpc) is 2.41. The second kappa shape index (κ2) is 7.62. The third kappa shape index (κ3) is 4.90. The Labute approximate surface area is 128 Å². The number of amides is 1. The molecule has 1 aliphatic heterocycles. The van der Waals surface area contributed by atoms with E-state index in [1.807, 2.05) is 0 Å². The summed E-state index contributed by atoms with van der Waals surface area (Å²) in [5.74, 6) is 0.324. The first-order valence-electron chi connectivity index (χ1n) is 7.62. The minimum Gasteiger partial charge on any atom is -0.381 e. The molecular weight excluding hydrogens is 276 g/mol. The third-order valence-corrected chi connectivity index (χ3v) is 4.76. The number of carbonyl (C=O) groups is 1. The first-order valence-corrected chi connectivity index (χ1v) is 7.62. The highest BCUT2D eigenvalue weighted by Gasteiger charge is 2.31. The first kappa shape index (κ1) is 17.7. The molecule has 1 atom stereocenters. The minimum absolute atomic E-state index is 0. The van der Waals surface area contributed by atoms with Gasteiger partial charge in [-0.1, -0.05) is 13.8 Å². The van der Waals surface area contributed by atoms with E-state index in [0.29, 0.717) is 11.5 Å². The summed E-state index contributed by atoms with van der Waals surface area (Å²) in [5.41, 5.74) is 6.53. The zero-order valence-corrected chi connectivity index (χ0v) is 13.5. The van der Waals surface area contributed by atoms with Crippen molar-refractivity contribution in [1.82, 2.24) is 5.32 Å². The summed E-state index contributed by atoms with van der Waals surface area (Å²) in [6, 6.07) is -0.0368. The molecule has 2 aliphatic rings. The van der Waals surface area contributed by atoms with E-state index in [0.717, 1.165) is 38.9 Å². The third-order valence-electron chi connectivity index (χ3n) is 4.76. The van der Waals surface area contributed by atoms with Gasteiger partial charge in [-0.2, -0.15) is 0 Å². The monoisotopic (exact) mass is 304 g/mol. The van der Waals surface area contributed by atoms with Crippen molar-refractivity contribution in [3.8, 4) is 0 Å². The van der Waals surface area contributed by atoms with Crippen LogP contribution in [0.15, 0.2) is 0 Å². The zero-order chi connectivity index (χ0) is 13.9. The molecule has 1 aliphatic carbocycles. The molecule has 1 amide bonds. The van der Waals surface area contributed by atoms with Gasteiger partial charge in [-0.25, -0.2) is 0 Å². The van der Waals surface area contributed by atoms with Gasteiger partial charge >= 0.3 is 0 Å². The Morgan fingerprint density at radius 3 is 2.30 bits per heavy atom. The van der Waals surface area contributed by atoms with Crippen LogP contribution in [0.4, 0.5) is 0 Å². The van der Waals surface area contributed by atoms with E-state index in [4.69, 9.17) is 10.5 Å². The van der Waals surface area contributed by atoms with E-state index in [1.165, 1.54) is 12.8 Å². The Kier molecular flexibility index (Phi) is 6.76. The van der Waals surface area contributed by atoms with Crippen LogP contribution in [-0.4, -0.2) is 31.2 Å². The summed E-state index contributed by atoms with van der Waals surface area (Å²) < 4.78 is 5.32. The number of rotatable bonds is 3. The van der Waals surface area contributed by atoms with Gasteiger partial charge in [0.2, 0.25) is 5.91 Å². The van der Waals surface area contributed by atoms with Gasteiger partial charge in [0, 0.05) is 19.3 Å². The minimum atomic E-state index is -0.362. The maximum Gasteiger partial charge on any atom is 0.237 e. The Bertz CT molecular complexity index is 307. The lowest BCUT2D eigenvalue weighted by Gasteiger charge is -2.35. The zero-order valence-electron chi connectivity index (χ0n) is 12.7. The molecule has 4 nitrogen and oxygen atoms in total. The predicted octanol–water partition coefficient (Wildman–Crippen LogP) is 2.25. The molecule has 2 fully saturated rings. The smallest absolute Gasteiger partial charge is 0.237 e. The van der Waals surface area contributed by atoms with Gasteiger partial charge < -0.3 is 15.8 Å². The van der Waals surface area contributed by atoms with E-state index < -0.39 is 0 Å². The van der Waals surface area contributed by atoms with Crippen molar-refractivity contribution in [1.29, 1.82) is 0 Å². The molecule has 20 heavy (non-hydrogen) atoms. The molecule has 0 aromatic rings. The van der Waals surface area contributed by atoms with E-state index in [9.17, 15) is 4.79 Å². The summed E-state index contributed by atoms with van der Waals surface area (Å²) in [5, 5.41) is 3.15. The van der Waals surface area contributed by atoms with Crippen molar-refractivity contribution in [3.63, 3.8) is 0 Å². The number of nitrogens with one attached hydrogen (secondary N) is 1. The van der Waals surface area contributed by atoms with Gasteiger partial charge in [0.05, 0.1) is 6.04 Å². The Hall–Kier alpha value is -0.320. The standard InChI is InChI=1S/C15H28N2O2.ClH/c1-15(2)7-3-12(4-8-15)17-14(18)13(16)11-5-9-19-10-6-11;/h11-13H,3-10,16H2,1-2H3,(H,17,18);1H. The lowest BCUT2D eigenvalue weighted by atomic mass is 9.75. The number of ether oxygens (including phenoxy) is 1. The normalized spacial score (nSPS) is 25.6. The lowest BCUT2D eigenvalue weighted by Crippen LogP contribution is -2.51. The molecule has 1 saturated heterocycles. The fourth-order valence-electron chi connectivity index (χ4n) is 3.13. The SMILES string of the molecule is CC1(C)CCC(NC(=O)C(N)C2CCOCC2)CC1.Cl. The fourth-order valence-corrected chi connectivity index (χ4v) is 3.13. The molecule has 0 bridgehead atoms. The van der Waals surface area contributed by atoms with Crippen LogP contribution < -0.4 is 11.1 Å². The van der Waals surface area contributed by atoms with Gasteiger partial charge in [-0.15, -0.1) is 12.4 Å². The average molecular weight is 305 g/mol. The molecular formula is C15H29ClN2O2. The summed E-state index contributed by atoms with van der Waals surface area (Å²) in [6.07, 6.45) is 6.35. The van der Waals surface area contributed by atoms with Crippen LogP contribution in [0.2, 0.25) is 0 Å². The van der Waals surface area contributed by atoms with E-state index >= 15 is 0 Å². The largest absolute Gasteiger partial charge is 0.381 e. The highest BCUT2D eigenvalue weighted by Crippen LogP contribution is 2.35. The molecule has 2 rings (SSSR count). The van der Waals surface area contributed by atoms with Crippen molar-refractivity contribution in [2.75, 3.05) is 13.2 Å². The Balaban J connectivity index is 0.00000200. The van der Waals surface area contributed by atoms with Crippen molar-refractivity contribution in [2.45, 2.75) is 64.5 Å². The molecule has 1 heterocycles. The number of halogens is 1. The summed E-state index contributed by atoms with van der Waals surface area (Å²) in [6.45, 7) is 6.09. The molecule has 0 radical (unpaired) electrons. The van der Waals surface area contributed by atoms with Crippen LogP contribution in [0.5, 0.6) is 0 Å². The number of carbonyl (C=O) groups excluding carboxylic acids is 1. The van der Waals surface area contributed by atoms with Gasteiger partial charge in [0.15, 0.2) is 0 Å². The van der Waals surface area contributed by atoms with Gasteiger partial charge in [0.1, 0.15) is 0 Å². The lowest BCUT2D eigenvalue weighted by molar-refractivity contribution is -0.125. The molecule has 0 aromatic heterocycles. The van der Waals surface area contributed by atoms with Crippen LogP contribution >= 0.6 is 12.4 Å². The number of hydrogen-bond donors (Lipinski definition) is 2. The number of hydrogen-bond acceptors (Lipinski definition) is 3. The summed E-state index contributed by atoms with van der Waals surface area (Å²) >= 11 is 0. The molecule has 3 N–H and O–H groups in total. The van der Waals surface area contributed by atoms with Crippen LogP contribution in [0.3, 0.4) is 0 Å². The molecule has 1 saturated carbocycles. The van der Waals surface area contributed by atoms with Crippen LogP contribution in [0.1, 0.15) is 52.4 Å².